The first-order valence-corrected chi connectivity index (χ1v) is 2.53. The Morgan fingerprint density at radius 1 is 1.78 bits per heavy atom. The average molecular weight is 129 g/mol. The fourth-order valence-electron chi connectivity index (χ4n) is 0.314. The topological polar surface area (TPSA) is 86.7 Å². The highest BCUT2D eigenvalue weighted by Gasteiger charge is 2.15. The van der Waals surface area contributed by atoms with Gasteiger partial charge < -0.3 is 5.11 Å². The molecule has 4 nitrogen and oxygen atoms in total. The first kappa shape index (κ1) is 7.81. The van der Waals surface area contributed by atoms with Gasteiger partial charge in [0.05, 0.1) is 0 Å². The van der Waals surface area contributed by atoms with Gasteiger partial charge in [-0.05, 0) is 0 Å². The van der Waals surface area contributed by atoms with Crippen molar-refractivity contribution in [2.75, 3.05) is 0 Å². The number of rotatable bonds is 3. The highest BCUT2D eigenvalue weighted by Crippen LogP contribution is 1.80. The van der Waals surface area contributed by atoms with E-state index in [-0.39, 0.29) is 5.71 Å². The SMILES string of the molecule is CCC(=[NH2+])C(=N)C(=O)O. The molecule has 4 N–H and O–H groups in total. The lowest BCUT2D eigenvalue weighted by molar-refractivity contribution is -0.130. The molecule has 0 aliphatic rings. The van der Waals surface area contributed by atoms with Gasteiger partial charge in [0.15, 0.2) is 0 Å². The summed E-state index contributed by atoms with van der Waals surface area (Å²) >= 11 is 0. The van der Waals surface area contributed by atoms with Crippen LogP contribution in [0.25, 0.3) is 0 Å². The first-order chi connectivity index (χ1) is 4.09. The second-order valence-corrected chi connectivity index (χ2v) is 1.56. The van der Waals surface area contributed by atoms with E-state index in [1.165, 1.54) is 0 Å². The fourth-order valence-corrected chi connectivity index (χ4v) is 0.314. The zero-order chi connectivity index (χ0) is 7.44. The van der Waals surface area contributed by atoms with Gasteiger partial charge in [0, 0.05) is 6.42 Å². The molecule has 9 heavy (non-hydrogen) atoms. The zero-order valence-corrected chi connectivity index (χ0v) is 5.14. The Kier molecular flexibility index (Phi) is 2.57. The van der Waals surface area contributed by atoms with Gasteiger partial charge in [-0.2, -0.15) is 0 Å². The minimum Gasteiger partial charge on any atom is -0.476 e. The summed E-state index contributed by atoms with van der Waals surface area (Å²) in [7, 11) is 0. The Balaban J connectivity index is 4.05. The maximum atomic E-state index is 9.97. The normalized spacial score (nSPS) is 8.56. The summed E-state index contributed by atoms with van der Waals surface area (Å²) in [6.07, 6.45) is 0.408. The summed E-state index contributed by atoms with van der Waals surface area (Å²) in [5.41, 5.74) is -0.389. The maximum absolute atomic E-state index is 9.97. The average Bonchev–Trinajstić information content (AvgIpc) is 1.84. The minimum absolute atomic E-state index is 0.113. The molecule has 0 saturated carbocycles. The fraction of sp³-hybridized carbons (Fsp3) is 0.400. The summed E-state index contributed by atoms with van der Waals surface area (Å²) in [6.45, 7) is 1.70. The third-order valence-corrected chi connectivity index (χ3v) is 0.916. The van der Waals surface area contributed by atoms with E-state index in [9.17, 15) is 4.79 Å². The lowest BCUT2D eigenvalue weighted by Crippen LogP contribution is -2.46. The molecule has 0 unspecified atom stereocenters. The molecule has 0 aromatic rings. The summed E-state index contributed by atoms with van der Waals surface area (Å²) in [4.78, 5) is 9.97. The Morgan fingerprint density at radius 2 is 2.22 bits per heavy atom. The first-order valence-electron chi connectivity index (χ1n) is 2.53. The van der Waals surface area contributed by atoms with E-state index in [4.69, 9.17) is 15.9 Å². The third-order valence-electron chi connectivity index (χ3n) is 0.916. The lowest BCUT2D eigenvalue weighted by atomic mass is 10.2. The minimum atomic E-state index is -1.27. The van der Waals surface area contributed by atoms with E-state index in [1.54, 1.807) is 6.92 Å². The van der Waals surface area contributed by atoms with Gasteiger partial charge in [0.2, 0.25) is 11.4 Å². The van der Waals surface area contributed by atoms with Crippen LogP contribution in [0, 0.1) is 5.41 Å². The van der Waals surface area contributed by atoms with Crippen LogP contribution in [0.15, 0.2) is 0 Å². The second kappa shape index (κ2) is 2.96. The Morgan fingerprint density at radius 3 is 2.33 bits per heavy atom. The Labute approximate surface area is 52.5 Å². The number of hydrogen-bond donors (Lipinski definition) is 3. The lowest BCUT2D eigenvalue weighted by Gasteiger charge is -1.88. The van der Waals surface area contributed by atoms with Gasteiger partial charge in [-0.25, -0.2) is 4.79 Å². The van der Waals surface area contributed by atoms with Crippen LogP contribution in [0.4, 0.5) is 0 Å². The number of carboxylic acids is 1. The number of aliphatic carboxylic acids is 1. The van der Waals surface area contributed by atoms with Crippen molar-refractivity contribution in [2.45, 2.75) is 13.3 Å². The largest absolute Gasteiger partial charge is 0.476 e. The molecule has 0 saturated heterocycles. The van der Waals surface area contributed by atoms with E-state index in [2.05, 4.69) is 0 Å². The van der Waals surface area contributed by atoms with Crippen LogP contribution < -0.4 is 5.41 Å². The summed E-state index contributed by atoms with van der Waals surface area (Å²) in [5.74, 6) is -1.27. The van der Waals surface area contributed by atoms with E-state index >= 15 is 0 Å². The van der Waals surface area contributed by atoms with Crippen molar-refractivity contribution >= 4 is 17.4 Å². The van der Waals surface area contributed by atoms with Crippen LogP contribution in [0.5, 0.6) is 0 Å². The summed E-state index contributed by atoms with van der Waals surface area (Å²) in [6, 6.07) is 0. The molecule has 0 bridgehead atoms. The molecule has 50 valence electrons. The van der Waals surface area contributed by atoms with Crippen LogP contribution in [0.1, 0.15) is 13.3 Å². The van der Waals surface area contributed by atoms with Crippen molar-refractivity contribution in [3.05, 3.63) is 0 Å². The molecule has 0 aliphatic heterocycles. The number of nitrogens with one attached hydrogen (secondary N) is 1. The number of carbonyl (C=O) groups is 1. The van der Waals surface area contributed by atoms with E-state index in [0.29, 0.717) is 6.42 Å². The highest BCUT2D eigenvalue weighted by atomic mass is 16.4. The molecule has 0 aromatic heterocycles. The second-order valence-electron chi connectivity index (χ2n) is 1.56. The van der Waals surface area contributed by atoms with Gasteiger partial charge in [-0.3, -0.25) is 10.8 Å². The van der Waals surface area contributed by atoms with Gasteiger partial charge >= 0.3 is 5.97 Å². The monoisotopic (exact) mass is 129 g/mol. The highest BCUT2D eigenvalue weighted by molar-refractivity contribution is 6.62. The van der Waals surface area contributed by atoms with Crippen molar-refractivity contribution in [2.24, 2.45) is 0 Å². The smallest absolute Gasteiger partial charge is 0.360 e. The van der Waals surface area contributed by atoms with Crippen LogP contribution in [-0.4, -0.2) is 22.5 Å². The van der Waals surface area contributed by atoms with Gasteiger partial charge in [0.25, 0.3) is 0 Å². The van der Waals surface area contributed by atoms with E-state index in [0.717, 1.165) is 0 Å². The predicted molar refractivity (Wildman–Crippen MR) is 32.6 cm³/mol. The maximum Gasteiger partial charge on any atom is 0.360 e. The molecule has 0 atom stereocenters. The molecule has 4 heteroatoms. The molecular formula is C5H9N2O2+. The van der Waals surface area contributed by atoms with E-state index in [1.807, 2.05) is 0 Å². The van der Waals surface area contributed by atoms with Gasteiger partial charge in [0.1, 0.15) is 0 Å². The Hall–Kier alpha value is -1.19. The van der Waals surface area contributed by atoms with Crippen LogP contribution in [0.2, 0.25) is 0 Å². The van der Waals surface area contributed by atoms with Gasteiger partial charge in [-0.1, -0.05) is 6.92 Å². The molecule has 0 aromatic carbocycles. The van der Waals surface area contributed by atoms with Crippen LogP contribution in [0.3, 0.4) is 0 Å². The van der Waals surface area contributed by atoms with Crippen LogP contribution in [-0.2, 0) is 4.79 Å². The predicted octanol–water partition coefficient (Wildman–Crippen LogP) is -1.30. The molecule has 0 fully saturated rings. The summed E-state index contributed by atoms with van der Waals surface area (Å²) in [5, 5.41) is 20.1. The third kappa shape index (κ3) is 2.03. The zero-order valence-electron chi connectivity index (χ0n) is 5.14. The number of hydrogen-bond acceptors (Lipinski definition) is 2. The molecule has 0 radical (unpaired) electrons. The van der Waals surface area contributed by atoms with Crippen LogP contribution >= 0.6 is 0 Å². The summed E-state index contributed by atoms with van der Waals surface area (Å²) < 4.78 is 0. The molecule has 0 spiro atoms. The van der Waals surface area contributed by atoms with Crippen molar-refractivity contribution in [1.29, 1.82) is 5.41 Å². The van der Waals surface area contributed by atoms with Crippen molar-refractivity contribution < 1.29 is 15.3 Å². The molecule has 0 heterocycles. The Bertz CT molecular complexity index is 162. The van der Waals surface area contributed by atoms with Crippen molar-refractivity contribution in [3.8, 4) is 0 Å². The van der Waals surface area contributed by atoms with E-state index < -0.39 is 11.7 Å². The quantitative estimate of drug-likeness (QED) is 0.414. The number of carboxylic acid groups (broad SMARTS) is 1. The van der Waals surface area contributed by atoms with Crippen molar-refractivity contribution in [3.63, 3.8) is 0 Å². The van der Waals surface area contributed by atoms with Gasteiger partial charge in [-0.15, -0.1) is 0 Å². The molecule has 0 amide bonds. The molecule has 0 rings (SSSR count). The van der Waals surface area contributed by atoms with Crippen molar-refractivity contribution in [1.82, 2.24) is 0 Å². The molecular weight excluding hydrogens is 120 g/mol. The number of nitrogens with two attached hydrogens (primary N) is 1. The standard InChI is InChI=1S/C5H8N2O2/c1-2-3(6)4(7)5(8)9/h6-7H,2H2,1H3,(H,8,9)/p+1. The molecule has 0 aliphatic carbocycles.